The fourth-order valence-electron chi connectivity index (χ4n) is 2.62. The lowest BCUT2D eigenvalue weighted by atomic mass is 10.1. The van der Waals surface area contributed by atoms with Gasteiger partial charge in [-0.3, -0.25) is 9.59 Å². The first-order chi connectivity index (χ1) is 13.8. The number of benzene rings is 3. The van der Waals surface area contributed by atoms with Gasteiger partial charge in [0.25, 0.3) is 11.8 Å². The van der Waals surface area contributed by atoms with Crippen molar-refractivity contribution in [3.63, 3.8) is 0 Å². The number of anilines is 2. The molecule has 3 N–H and O–H groups in total. The summed E-state index contributed by atoms with van der Waals surface area (Å²) < 4.78 is 0. The van der Waals surface area contributed by atoms with Crippen molar-refractivity contribution >= 4 is 40.8 Å². The van der Waals surface area contributed by atoms with E-state index < -0.39 is 5.97 Å². The summed E-state index contributed by atoms with van der Waals surface area (Å²) in [4.78, 5) is 35.8. The Balaban J connectivity index is 1.70. The summed E-state index contributed by atoms with van der Waals surface area (Å²) in [7, 11) is 0. The van der Waals surface area contributed by atoms with E-state index in [-0.39, 0.29) is 17.4 Å². The molecule has 3 aromatic rings. The molecule has 6 nitrogen and oxygen atoms in total. The highest BCUT2D eigenvalue weighted by Crippen LogP contribution is 2.19. The van der Waals surface area contributed by atoms with E-state index in [2.05, 4.69) is 10.6 Å². The SMILES string of the molecule is Cc1ccc(C(=O)O)cc1NC(=O)c1ccc(NC(=O)c2cccc(Cl)c2)cc1. The lowest BCUT2D eigenvalue weighted by Gasteiger charge is -2.10. The number of aromatic carboxylic acids is 1. The second-order valence-corrected chi connectivity index (χ2v) is 6.77. The van der Waals surface area contributed by atoms with Gasteiger partial charge in [-0.05, 0) is 67.1 Å². The topological polar surface area (TPSA) is 95.5 Å². The summed E-state index contributed by atoms with van der Waals surface area (Å²) in [5.74, 6) is -1.77. The summed E-state index contributed by atoms with van der Waals surface area (Å²) >= 11 is 5.90. The molecule has 29 heavy (non-hydrogen) atoms. The summed E-state index contributed by atoms with van der Waals surface area (Å²) in [6, 6.07) is 17.5. The zero-order chi connectivity index (χ0) is 21.0. The zero-order valence-electron chi connectivity index (χ0n) is 15.4. The van der Waals surface area contributed by atoms with Crippen LogP contribution in [-0.4, -0.2) is 22.9 Å². The molecule has 0 radical (unpaired) electrons. The lowest BCUT2D eigenvalue weighted by molar-refractivity contribution is 0.0696. The van der Waals surface area contributed by atoms with E-state index in [0.717, 1.165) is 5.56 Å². The maximum Gasteiger partial charge on any atom is 0.335 e. The van der Waals surface area contributed by atoms with Crippen LogP contribution in [0.5, 0.6) is 0 Å². The van der Waals surface area contributed by atoms with Gasteiger partial charge >= 0.3 is 5.97 Å². The number of carboxylic acid groups (broad SMARTS) is 1. The van der Waals surface area contributed by atoms with Crippen molar-refractivity contribution < 1.29 is 19.5 Å². The number of nitrogens with one attached hydrogen (secondary N) is 2. The van der Waals surface area contributed by atoms with Crippen LogP contribution in [0.3, 0.4) is 0 Å². The van der Waals surface area contributed by atoms with Crippen LogP contribution in [0.4, 0.5) is 11.4 Å². The van der Waals surface area contributed by atoms with E-state index in [1.54, 1.807) is 61.5 Å². The number of halogens is 1. The molecule has 3 rings (SSSR count). The Bertz CT molecular complexity index is 1090. The minimum absolute atomic E-state index is 0.0879. The third-order valence-electron chi connectivity index (χ3n) is 4.22. The fraction of sp³-hybridized carbons (Fsp3) is 0.0455. The molecule has 146 valence electrons. The van der Waals surface area contributed by atoms with Gasteiger partial charge in [0.05, 0.1) is 5.56 Å². The lowest BCUT2D eigenvalue weighted by Crippen LogP contribution is -2.14. The van der Waals surface area contributed by atoms with Gasteiger partial charge in [0.2, 0.25) is 0 Å². The van der Waals surface area contributed by atoms with Crippen molar-refractivity contribution in [3.8, 4) is 0 Å². The smallest absolute Gasteiger partial charge is 0.335 e. The molecule has 7 heteroatoms. The molecule has 0 aliphatic carbocycles. The highest BCUT2D eigenvalue weighted by molar-refractivity contribution is 6.31. The van der Waals surface area contributed by atoms with Gasteiger partial charge in [-0.15, -0.1) is 0 Å². The molecule has 0 saturated carbocycles. The number of carbonyl (C=O) groups excluding carboxylic acids is 2. The van der Waals surface area contributed by atoms with Crippen LogP contribution in [0.25, 0.3) is 0 Å². The average Bonchev–Trinajstić information content (AvgIpc) is 2.70. The van der Waals surface area contributed by atoms with Gasteiger partial charge in [0, 0.05) is 27.5 Å². The van der Waals surface area contributed by atoms with Gasteiger partial charge in [0.15, 0.2) is 0 Å². The fourth-order valence-corrected chi connectivity index (χ4v) is 2.81. The number of carbonyl (C=O) groups is 3. The van der Waals surface area contributed by atoms with E-state index in [1.165, 1.54) is 12.1 Å². The molecular formula is C22H17ClN2O4. The highest BCUT2D eigenvalue weighted by atomic mass is 35.5. The largest absolute Gasteiger partial charge is 0.478 e. The number of amides is 2. The molecule has 0 atom stereocenters. The van der Waals surface area contributed by atoms with E-state index in [0.29, 0.717) is 27.5 Å². The molecule has 0 saturated heterocycles. The molecule has 0 bridgehead atoms. The molecule has 0 heterocycles. The number of aryl methyl sites for hydroxylation is 1. The summed E-state index contributed by atoms with van der Waals surface area (Å²) in [5.41, 5.74) is 2.57. The van der Waals surface area contributed by atoms with Gasteiger partial charge in [-0.25, -0.2) is 4.79 Å². The first-order valence-corrected chi connectivity index (χ1v) is 9.03. The first kappa shape index (κ1) is 20.1. The van der Waals surface area contributed by atoms with E-state index >= 15 is 0 Å². The predicted octanol–water partition coefficient (Wildman–Crippen LogP) is 4.85. The highest BCUT2D eigenvalue weighted by Gasteiger charge is 2.12. The minimum atomic E-state index is -1.07. The van der Waals surface area contributed by atoms with Crippen LogP contribution in [0.1, 0.15) is 36.6 Å². The number of hydrogen-bond acceptors (Lipinski definition) is 3. The van der Waals surface area contributed by atoms with Crippen LogP contribution >= 0.6 is 11.6 Å². The maximum atomic E-state index is 12.5. The molecule has 2 amide bonds. The van der Waals surface area contributed by atoms with Crippen LogP contribution in [0.15, 0.2) is 66.7 Å². The molecular weight excluding hydrogens is 392 g/mol. The Hall–Kier alpha value is -3.64. The van der Waals surface area contributed by atoms with Gasteiger partial charge in [0.1, 0.15) is 0 Å². The van der Waals surface area contributed by atoms with Crippen molar-refractivity contribution in [3.05, 3.63) is 94.0 Å². The van der Waals surface area contributed by atoms with E-state index in [1.807, 2.05) is 0 Å². The Morgan fingerprint density at radius 2 is 1.45 bits per heavy atom. The average molecular weight is 409 g/mol. The third-order valence-corrected chi connectivity index (χ3v) is 4.46. The van der Waals surface area contributed by atoms with Crippen LogP contribution in [0, 0.1) is 6.92 Å². The maximum absolute atomic E-state index is 12.5. The summed E-state index contributed by atoms with van der Waals surface area (Å²) in [6.45, 7) is 1.77. The first-order valence-electron chi connectivity index (χ1n) is 8.66. The van der Waals surface area contributed by atoms with Crippen molar-refractivity contribution in [2.24, 2.45) is 0 Å². The monoisotopic (exact) mass is 408 g/mol. The Labute approximate surface area is 172 Å². The van der Waals surface area contributed by atoms with E-state index in [4.69, 9.17) is 16.7 Å². The quantitative estimate of drug-likeness (QED) is 0.562. The molecule has 3 aromatic carbocycles. The molecule has 0 spiro atoms. The van der Waals surface area contributed by atoms with Crippen molar-refractivity contribution in [2.75, 3.05) is 10.6 Å². The summed E-state index contributed by atoms with van der Waals surface area (Å²) in [6.07, 6.45) is 0. The van der Waals surface area contributed by atoms with E-state index in [9.17, 15) is 14.4 Å². The van der Waals surface area contributed by atoms with Crippen LogP contribution in [-0.2, 0) is 0 Å². The molecule has 0 aromatic heterocycles. The number of hydrogen-bond donors (Lipinski definition) is 3. The number of carboxylic acids is 1. The van der Waals surface area contributed by atoms with Crippen molar-refractivity contribution in [2.45, 2.75) is 6.92 Å². The Morgan fingerprint density at radius 3 is 2.10 bits per heavy atom. The standard InChI is InChI=1S/C22H17ClN2O4/c1-13-5-6-16(22(28)29)12-19(13)25-20(26)14-7-9-18(10-8-14)24-21(27)15-3-2-4-17(23)11-15/h2-12H,1H3,(H,24,27)(H,25,26)(H,28,29). The van der Waals surface area contributed by atoms with Gasteiger partial charge in [-0.2, -0.15) is 0 Å². The zero-order valence-corrected chi connectivity index (χ0v) is 16.2. The molecule has 0 unspecified atom stereocenters. The molecule has 0 aliphatic rings. The predicted molar refractivity (Wildman–Crippen MR) is 112 cm³/mol. The Morgan fingerprint density at radius 1 is 0.793 bits per heavy atom. The van der Waals surface area contributed by atoms with Crippen LogP contribution in [0.2, 0.25) is 5.02 Å². The second-order valence-electron chi connectivity index (χ2n) is 6.33. The molecule has 0 aliphatic heterocycles. The Kier molecular flexibility index (Phi) is 5.95. The third kappa shape index (κ3) is 5.00. The van der Waals surface area contributed by atoms with Crippen molar-refractivity contribution in [1.29, 1.82) is 0 Å². The van der Waals surface area contributed by atoms with Crippen molar-refractivity contribution in [1.82, 2.24) is 0 Å². The van der Waals surface area contributed by atoms with Gasteiger partial charge in [-0.1, -0.05) is 23.7 Å². The normalized spacial score (nSPS) is 10.3. The summed E-state index contributed by atoms with van der Waals surface area (Å²) in [5, 5.41) is 15.0. The second kappa shape index (κ2) is 8.58. The minimum Gasteiger partial charge on any atom is -0.478 e. The molecule has 0 fully saturated rings. The van der Waals surface area contributed by atoms with Crippen LogP contribution < -0.4 is 10.6 Å². The van der Waals surface area contributed by atoms with Gasteiger partial charge < -0.3 is 15.7 Å². The number of rotatable bonds is 5.